The summed E-state index contributed by atoms with van der Waals surface area (Å²) >= 11 is 1.54. The van der Waals surface area contributed by atoms with Gasteiger partial charge in [-0.1, -0.05) is 12.1 Å². The fourth-order valence-electron chi connectivity index (χ4n) is 3.08. The zero-order valence-electron chi connectivity index (χ0n) is 15.7. The van der Waals surface area contributed by atoms with E-state index in [0.29, 0.717) is 31.1 Å². The van der Waals surface area contributed by atoms with Gasteiger partial charge in [-0.2, -0.15) is 0 Å². The minimum absolute atomic E-state index is 0.147. The first-order chi connectivity index (χ1) is 13.0. The van der Waals surface area contributed by atoms with Crippen molar-refractivity contribution in [3.8, 4) is 0 Å². The van der Waals surface area contributed by atoms with Gasteiger partial charge in [0.05, 0.1) is 17.5 Å². The highest BCUT2D eigenvalue weighted by Crippen LogP contribution is 2.15. The molecule has 9 heteroatoms. The molecule has 2 heterocycles. The van der Waals surface area contributed by atoms with Gasteiger partial charge in [-0.15, -0.1) is 16.9 Å². The van der Waals surface area contributed by atoms with Crippen LogP contribution in [0.1, 0.15) is 31.3 Å². The first-order valence-electron chi connectivity index (χ1n) is 9.12. The van der Waals surface area contributed by atoms with Crippen molar-refractivity contribution in [1.82, 2.24) is 30.0 Å². The van der Waals surface area contributed by atoms with Gasteiger partial charge in [0.2, 0.25) is 5.91 Å². The maximum atomic E-state index is 13.3. The number of carbonyl (C=O) groups is 1. The Labute approximate surface area is 162 Å². The molecule has 0 bridgehead atoms. The summed E-state index contributed by atoms with van der Waals surface area (Å²) in [4.78, 5) is 16.6. The third-order valence-corrected chi connectivity index (χ3v) is 5.44. The Balaban J connectivity index is 1.40. The number of nitrogens with zero attached hydrogens (tertiary/aromatic N) is 6. The van der Waals surface area contributed by atoms with Crippen LogP contribution >= 0.6 is 11.8 Å². The summed E-state index contributed by atoms with van der Waals surface area (Å²) in [6, 6.07) is 6.90. The summed E-state index contributed by atoms with van der Waals surface area (Å²) in [5, 5.41) is 11.7. The fourth-order valence-corrected chi connectivity index (χ4v) is 3.91. The van der Waals surface area contributed by atoms with Crippen LogP contribution in [-0.4, -0.2) is 67.8 Å². The summed E-state index contributed by atoms with van der Waals surface area (Å²) in [5.74, 6) is 1.78. The van der Waals surface area contributed by atoms with E-state index >= 15 is 0 Å². The summed E-state index contributed by atoms with van der Waals surface area (Å²) in [5.41, 5.74) is 0.966. The molecule has 1 aliphatic rings. The van der Waals surface area contributed by atoms with Gasteiger partial charge in [0.25, 0.3) is 0 Å². The van der Waals surface area contributed by atoms with Crippen LogP contribution in [0.25, 0.3) is 0 Å². The van der Waals surface area contributed by atoms with Crippen LogP contribution in [0.3, 0.4) is 0 Å². The molecule has 1 aromatic carbocycles. The van der Waals surface area contributed by atoms with E-state index in [9.17, 15) is 9.18 Å². The summed E-state index contributed by atoms with van der Waals surface area (Å²) < 4.78 is 15.1. The number of amides is 1. The molecule has 3 rings (SSSR count). The minimum atomic E-state index is -0.207. The summed E-state index contributed by atoms with van der Waals surface area (Å²) in [6.07, 6.45) is 0. The predicted octanol–water partition coefficient (Wildman–Crippen LogP) is 1.97. The Bertz CT molecular complexity index is 760. The lowest BCUT2D eigenvalue weighted by molar-refractivity contribution is -0.130. The van der Waals surface area contributed by atoms with E-state index < -0.39 is 0 Å². The second-order valence-electron chi connectivity index (χ2n) is 6.91. The fraction of sp³-hybridized carbons (Fsp3) is 0.556. The minimum Gasteiger partial charge on any atom is -0.339 e. The average Bonchev–Trinajstić information content (AvgIpc) is 3.11. The number of rotatable bonds is 7. The number of carbonyl (C=O) groups excluding carboxylic acids is 1. The number of hydrogen-bond donors (Lipinski definition) is 0. The second-order valence-corrected chi connectivity index (χ2v) is 7.90. The van der Waals surface area contributed by atoms with Gasteiger partial charge < -0.3 is 4.90 Å². The molecule has 0 N–H and O–H groups in total. The number of thioether (sulfide) groups is 1. The third-order valence-electron chi connectivity index (χ3n) is 4.53. The highest BCUT2D eigenvalue weighted by Gasteiger charge is 2.21. The van der Waals surface area contributed by atoms with Gasteiger partial charge in [-0.3, -0.25) is 9.69 Å². The van der Waals surface area contributed by atoms with E-state index in [1.807, 2.05) is 24.8 Å². The first kappa shape index (κ1) is 19.8. The molecule has 7 nitrogen and oxygen atoms in total. The van der Waals surface area contributed by atoms with Gasteiger partial charge in [-0.25, -0.2) is 9.07 Å². The zero-order chi connectivity index (χ0) is 19.2. The van der Waals surface area contributed by atoms with E-state index in [1.54, 1.807) is 16.8 Å². The second kappa shape index (κ2) is 9.27. The molecule has 1 fully saturated rings. The molecule has 0 atom stereocenters. The molecule has 27 heavy (non-hydrogen) atoms. The molecular formula is C18H25FN6OS. The van der Waals surface area contributed by atoms with Crippen molar-refractivity contribution >= 4 is 17.7 Å². The lowest BCUT2D eigenvalue weighted by Crippen LogP contribution is -2.48. The first-order valence-corrected chi connectivity index (χ1v) is 10.3. The molecule has 1 aliphatic heterocycles. The summed E-state index contributed by atoms with van der Waals surface area (Å²) in [6.45, 7) is 7.79. The molecule has 2 aromatic rings. The van der Waals surface area contributed by atoms with Crippen LogP contribution in [0.15, 0.2) is 24.3 Å². The van der Waals surface area contributed by atoms with Crippen LogP contribution in [0.5, 0.6) is 0 Å². The van der Waals surface area contributed by atoms with Gasteiger partial charge in [0.1, 0.15) is 5.82 Å². The SMILES string of the molecule is CC(C)n1nnnc1CSCC(=O)N1CCN(Cc2cccc(F)c2)CC1. The number of tetrazole rings is 1. The average molecular weight is 393 g/mol. The number of piperazine rings is 1. The van der Waals surface area contributed by atoms with E-state index in [-0.39, 0.29) is 17.8 Å². The molecule has 1 saturated heterocycles. The van der Waals surface area contributed by atoms with E-state index in [4.69, 9.17) is 0 Å². The molecule has 0 spiro atoms. The predicted molar refractivity (Wildman–Crippen MR) is 103 cm³/mol. The van der Waals surface area contributed by atoms with Crippen molar-refractivity contribution in [2.45, 2.75) is 32.2 Å². The van der Waals surface area contributed by atoms with Gasteiger partial charge >= 0.3 is 0 Å². The van der Waals surface area contributed by atoms with Gasteiger partial charge in [-0.05, 0) is 42.0 Å². The van der Waals surface area contributed by atoms with Gasteiger partial charge in [0, 0.05) is 32.7 Å². The number of hydrogen-bond acceptors (Lipinski definition) is 6. The largest absolute Gasteiger partial charge is 0.339 e. The van der Waals surface area contributed by atoms with E-state index in [2.05, 4.69) is 20.4 Å². The standard InChI is InChI=1S/C18H25FN6OS/c1-14(2)25-17(20-21-22-25)12-27-13-18(26)24-8-6-23(7-9-24)11-15-4-3-5-16(19)10-15/h3-5,10,14H,6-9,11-13H2,1-2H3. The molecule has 1 aromatic heterocycles. The lowest BCUT2D eigenvalue weighted by atomic mass is 10.2. The molecule has 146 valence electrons. The smallest absolute Gasteiger partial charge is 0.232 e. The normalized spacial score (nSPS) is 15.5. The topological polar surface area (TPSA) is 67.2 Å². The summed E-state index contributed by atoms with van der Waals surface area (Å²) in [7, 11) is 0. The monoisotopic (exact) mass is 392 g/mol. The maximum absolute atomic E-state index is 13.3. The van der Waals surface area contributed by atoms with Gasteiger partial charge in [0.15, 0.2) is 5.82 Å². The van der Waals surface area contributed by atoms with Crippen LogP contribution in [0.4, 0.5) is 4.39 Å². The number of benzene rings is 1. The lowest BCUT2D eigenvalue weighted by Gasteiger charge is -2.34. The Morgan fingerprint density at radius 3 is 2.74 bits per heavy atom. The van der Waals surface area contributed by atoms with Crippen LogP contribution in [0, 0.1) is 5.82 Å². The van der Waals surface area contributed by atoms with Crippen LogP contribution in [0.2, 0.25) is 0 Å². The highest BCUT2D eigenvalue weighted by molar-refractivity contribution is 7.99. The molecule has 1 amide bonds. The third kappa shape index (κ3) is 5.49. The molecule has 0 unspecified atom stereocenters. The van der Waals surface area contributed by atoms with Crippen molar-refractivity contribution < 1.29 is 9.18 Å². The van der Waals surface area contributed by atoms with Crippen molar-refractivity contribution in [2.75, 3.05) is 31.9 Å². The molecule has 0 radical (unpaired) electrons. The maximum Gasteiger partial charge on any atom is 0.232 e. The molecular weight excluding hydrogens is 367 g/mol. The Morgan fingerprint density at radius 1 is 1.26 bits per heavy atom. The van der Waals surface area contributed by atoms with Crippen LogP contribution < -0.4 is 0 Å². The number of halogens is 1. The van der Waals surface area contributed by atoms with Crippen molar-refractivity contribution in [3.05, 3.63) is 41.5 Å². The highest BCUT2D eigenvalue weighted by atomic mass is 32.2. The van der Waals surface area contributed by atoms with Crippen LogP contribution in [-0.2, 0) is 17.1 Å². The van der Waals surface area contributed by atoms with E-state index in [1.165, 1.54) is 17.8 Å². The van der Waals surface area contributed by atoms with Crippen molar-refractivity contribution in [2.24, 2.45) is 0 Å². The van der Waals surface area contributed by atoms with Crippen molar-refractivity contribution in [1.29, 1.82) is 0 Å². The van der Waals surface area contributed by atoms with E-state index in [0.717, 1.165) is 24.5 Å². The Kier molecular flexibility index (Phi) is 6.78. The quantitative estimate of drug-likeness (QED) is 0.718. The number of aromatic nitrogens is 4. The zero-order valence-corrected chi connectivity index (χ0v) is 16.5. The Hall–Kier alpha value is -2.00. The molecule has 0 aliphatic carbocycles. The Morgan fingerprint density at radius 2 is 2.04 bits per heavy atom. The van der Waals surface area contributed by atoms with Crippen molar-refractivity contribution in [3.63, 3.8) is 0 Å². The molecule has 0 saturated carbocycles.